The molecule has 138 valence electrons. The lowest BCUT2D eigenvalue weighted by Crippen LogP contribution is -2.36. The monoisotopic (exact) mass is 375 g/mol. The fraction of sp³-hybridized carbons (Fsp3) is 0.316. The van der Waals surface area contributed by atoms with Crippen LogP contribution in [0.4, 0.5) is 0 Å². The molecule has 1 saturated heterocycles. The van der Waals surface area contributed by atoms with Crippen molar-refractivity contribution in [3.05, 3.63) is 47.5 Å². The predicted octanol–water partition coefficient (Wildman–Crippen LogP) is 3.28. The SMILES string of the molecule is COc1cc(CN2C(=O)CCSC2c2cccc(O)c2O)cc(OC)c1. The molecular weight excluding hydrogens is 354 g/mol. The van der Waals surface area contributed by atoms with Gasteiger partial charge in [-0.15, -0.1) is 11.8 Å². The van der Waals surface area contributed by atoms with E-state index in [1.807, 2.05) is 12.1 Å². The Kier molecular flexibility index (Phi) is 5.46. The average Bonchev–Trinajstić information content (AvgIpc) is 2.65. The minimum atomic E-state index is -0.374. The molecule has 0 aliphatic carbocycles. The first-order valence-corrected chi connectivity index (χ1v) is 9.22. The van der Waals surface area contributed by atoms with Crippen molar-refractivity contribution >= 4 is 17.7 Å². The Morgan fingerprint density at radius 3 is 2.50 bits per heavy atom. The van der Waals surface area contributed by atoms with E-state index >= 15 is 0 Å². The summed E-state index contributed by atoms with van der Waals surface area (Å²) >= 11 is 1.56. The van der Waals surface area contributed by atoms with Crippen molar-refractivity contribution in [2.24, 2.45) is 0 Å². The maximum Gasteiger partial charge on any atom is 0.224 e. The maximum atomic E-state index is 12.6. The normalized spacial score (nSPS) is 17.2. The van der Waals surface area contributed by atoms with Crippen molar-refractivity contribution in [2.75, 3.05) is 20.0 Å². The summed E-state index contributed by atoms with van der Waals surface area (Å²) in [6.07, 6.45) is 0.432. The maximum absolute atomic E-state index is 12.6. The van der Waals surface area contributed by atoms with Crippen LogP contribution in [0.2, 0.25) is 0 Å². The fourth-order valence-electron chi connectivity index (χ4n) is 2.95. The molecule has 0 radical (unpaired) electrons. The Balaban J connectivity index is 1.95. The van der Waals surface area contributed by atoms with Crippen LogP contribution in [0.3, 0.4) is 0 Å². The molecule has 1 unspecified atom stereocenters. The zero-order chi connectivity index (χ0) is 18.7. The third kappa shape index (κ3) is 3.67. The van der Waals surface area contributed by atoms with Crippen LogP contribution in [0.25, 0.3) is 0 Å². The number of carbonyl (C=O) groups excluding carboxylic acids is 1. The minimum absolute atomic E-state index is 0.00159. The first-order valence-electron chi connectivity index (χ1n) is 8.17. The van der Waals surface area contributed by atoms with Crippen LogP contribution in [-0.4, -0.2) is 41.0 Å². The van der Waals surface area contributed by atoms with Crippen LogP contribution in [0.1, 0.15) is 22.9 Å². The van der Waals surface area contributed by atoms with E-state index in [9.17, 15) is 15.0 Å². The smallest absolute Gasteiger partial charge is 0.224 e. The van der Waals surface area contributed by atoms with Crippen molar-refractivity contribution in [2.45, 2.75) is 18.3 Å². The highest BCUT2D eigenvalue weighted by molar-refractivity contribution is 7.99. The predicted molar refractivity (Wildman–Crippen MR) is 99.7 cm³/mol. The lowest BCUT2D eigenvalue weighted by Gasteiger charge is -2.36. The molecule has 1 aliphatic rings. The van der Waals surface area contributed by atoms with Crippen LogP contribution in [0.5, 0.6) is 23.0 Å². The van der Waals surface area contributed by atoms with Gasteiger partial charge in [0.25, 0.3) is 0 Å². The second kappa shape index (κ2) is 7.78. The number of hydrogen-bond donors (Lipinski definition) is 2. The van der Waals surface area contributed by atoms with Crippen molar-refractivity contribution in [1.29, 1.82) is 0 Å². The highest BCUT2D eigenvalue weighted by atomic mass is 32.2. The van der Waals surface area contributed by atoms with Gasteiger partial charge in [0, 0.05) is 30.3 Å². The summed E-state index contributed by atoms with van der Waals surface area (Å²) in [4.78, 5) is 14.3. The Morgan fingerprint density at radius 2 is 1.85 bits per heavy atom. The molecule has 0 spiro atoms. The van der Waals surface area contributed by atoms with Crippen molar-refractivity contribution in [3.63, 3.8) is 0 Å². The molecule has 6 nitrogen and oxygen atoms in total. The summed E-state index contributed by atoms with van der Waals surface area (Å²) in [5.41, 5.74) is 1.39. The number of carbonyl (C=O) groups is 1. The third-order valence-corrected chi connectivity index (χ3v) is 5.54. The number of hydrogen-bond acceptors (Lipinski definition) is 6. The van der Waals surface area contributed by atoms with E-state index in [2.05, 4.69) is 0 Å². The number of phenols is 2. The van der Waals surface area contributed by atoms with Gasteiger partial charge in [-0.1, -0.05) is 12.1 Å². The van der Waals surface area contributed by atoms with Crippen LogP contribution < -0.4 is 9.47 Å². The molecule has 1 amide bonds. The number of para-hydroxylation sites is 1. The Bertz CT molecular complexity index is 788. The van der Waals surface area contributed by atoms with Gasteiger partial charge in [0.05, 0.1) is 14.2 Å². The van der Waals surface area contributed by atoms with Gasteiger partial charge in [0.15, 0.2) is 11.5 Å². The standard InChI is InChI=1S/C19H21NO5S/c1-24-13-8-12(9-14(10-13)25-2)11-20-17(22)6-7-26-19(20)15-4-3-5-16(21)18(15)23/h3-5,8-10,19,21,23H,6-7,11H2,1-2H3. The Labute approximate surface area is 156 Å². The van der Waals surface area contributed by atoms with Crippen LogP contribution in [0.15, 0.2) is 36.4 Å². The minimum Gasteiger partial charge on any atom is -0.504 e. The van der Waals surface area contributed by atoms with Crippen molar-refractivity contribution in [3.8, 4) is 23.0 Å². The van der Waals surface area contributed by atoms with Gasteiger partial charge in [0.2, 0.25) is 5.91 Å². The molecule has 0 bridgehead atoms. The molecular formula is C19H21NO5S. The number of phenolic OH excluding ortho intramolecular Hbond substituents is 2. The molecule has 1 heterocycles. The molecule has 3 rings (SSSR count). The van der Waals surface area contributed by atoms with Crippen molar-refractivity contribution in [1.82, 2.24) is 4.90 Å². The number of thioether (sulfide) groups is 1. The first-order chi connectivity index (χ1) is 12.5. The summed E-state index contributed by atoms with van der Waals surface area (Å²) in [5.74, 6) is 1.58. The number of nitrogens with zero attached hydrogens (tertiary/aromatic N) is 1. The van der Waals surface area contributed by atoms with E-state index in [1.165, 1.54) is 6.07 Å². The van der Waals surface area contributed by atoms with Gasteiger partial charge >= 0.3 is 0 Å². The molecule has 0 aromatic heterocycles. The molecule has 2 N–H and O–H groups in total. The summed E-state index contributed by atoms with van der Waals surface area (Å²) in [7, 11) is 3.15. The van der Waals surface area contributed by atoms with Gasteiger partial charge in [-0.25, -0.2) is 0 Å². The van der Waals surface area contributed by atoms with E-state index in [0.717, 1.165) is 5.56 Å². The number of amides is 1. The topological polar surface area (TPSA) is 79.2 Å². The van der Waals surface area contributed by atoms with Gasteiger partial charge in [-0.3, -0.25) is 4.79 Å². The second-order valence-corrected chi connectivity index (χ2v) is 7.12. The molecule has 2 aromatic rings. The third-order valence-electron chi connectivity index (χ3n) is 4.27. The summed E-state index contributed by atoms with van der Waals surface area (Å²) < 4.78 is 10.6. The summed E-state index contributed by atoms with van der Waals surface area (Å²) in [5, 5.41) is 19.7. The lowest BCUT2D eigenvalue weighted by atomic mass is 10.1. The van der Waals surface area contributed by atoms with Gasteiger partial charge in [-0.2, -0.15) is 0 Å². The molecule has 1 atom stereocenters. The van der Waals surface area contributed by atoms with Crippen LogP contribution >= 0.6 is 11.8 Å². The molecule has 0 saturated carbocycles. The van der Waals surface area contributed by atoms with E-state index in [0.29, 0.717) is 35.8 Å². The fourth-order valence-corrected chi connectivity index (χ4v) is 4.21. The zero-order valence-corrected chi connectivity index (χ0v) is 15.5. The number of aromatic hydroxyl groups is 2. The van der Waals surface area contributed by atoms with E-state index in [1.54, 1.807) is 49.1 Å². The highest BCUT2D eigenvalue weighted by Crippen LogP contribution is 2.44. The van der Waals surface area contributed by atoms with Gasteiger partial charge in [0.1, 0.15) is 16.9 Å². The van der Waals surface area contributed by atoms with Crippen molar-refractivity contribution < 1.29 is 24.5 Å². The van der Waals surface area contributed by atoms with E-state index in [4.69, 9.17) is 9.47 Å². The Hall–Kier alpha value is -2.54. The first kappa shape index (κ1) is 18.3. The molecule has 1 aliphatic heterocycles. The zero-order valence-electron chi connectivity index (χ0n) is 14.6. The summed E-state index contributed by atoms with van der Waals surface area (Å²) in [6, 6.07) is 10.3. The largest absolute Gasteiger partial charge is 0.504 e. The molecule has 7 heteroatoms. The quantitative estimate of drug-likeness (QED) is 0.781. The lowest BCUT2D eigenvalue weighted by molar-refractivity contribution is -0.132. The number of ether oxygens (including phenoxy) is 2. The van der Waals surface area contributed by atoms with Gasteiger partial charge < -0.3 is 24.6 Å². The number of rotatable bonds is 5. The average molecular weight is 375 g/mol. The van der Waals surface area contributed by atoms with E-state index < -0.39 is 0 Å². The summed E-state index contributed by atoms with van der Waals surface area (Å²) in [6.45, 7) is 0.346. The van der Waals surface area contributed by atoms with Crippen LogP contribution in [0, 0.1) is 0 Å². The molecule has 26 heavy (non-hydrogen) atoms. The Morgan fingerprint density at radius 1 is 1.15 bits per heavy atom. The highest BCUT2D eigenvalue weighted by Gasteiger charge is 2.32. The number of methoxy groups -OCH3 is 2. The molecule has 2 aromatic carbocycles. The second-order valence-electron chi connectivity index (χ2n) is 5.93. The number of benzene rings is 2. The van der Waals surface area contributed by atoms with Crippen LogP contribution in [-0.2, 0) is 11.3 Å². The van der Waals surface area contributed by atoms with E-state index in [-0.39, 0.29) is 22.8 Å². The molecule has 1 fully saturated rings. The van der Waals surface area contributed by atoms with Gasteiger partial charge in [-0.05, 0) is 23.8 Å².